The Morgan fingerprint density at radius 3 is 3.05 bits per heavy atom. The quantitative estimate of drug-likeness (QED) is 0.900. The number of thiophene rings is 1. The molecule has 0 bridgehead atoms. The van der Waals surface area contributed by atoms with E-state index in [0.29, 0.717) is 28.0 Å². The van der Waals surface area contributed by atoms with Crippen LogP contribution in [0.5, 0.6) is 0 Å². The number of aromatic nitrogens is 1. The zero-order valence-electron chi connectivity index (χ0n) is 10.1. The molecule has 19 heavy (non-hydrogen) atoms. The van der Waals surface area contributed by atoms with Crippen molar-refractivity contribution >= 4 is 27.9 Å². The maximum atomic E-state index is 12.3. The Balaban J connectivity index is 1.86. The Kier molecular flexibility index (Phi) is 2.76. The largest absolute Gasteiger partial charge is 0.397 e. The van der Waals surface area contributed by atoms with E-state index < -0.39 is 0 Å². The topological polar surface area (TPSA) is 83.8 Å². The Hall–Kier alpha value is -2.26. The lowest BCUT2D eigenvalue weighted by atomic mass is 10.3. The van der Waals surface area contributed by atoms with Crippen LogP contribution in [0.2, 0.25) is 0 Å². The number of nitriles is 1. The van der Waals surface area contributed by atoms with Crippen LogP contribution >= 0.6 is 11.3 Å². The number of nitrogens with zero attached hydrogens (tertiary/aromatic N) is 2. The Morgan fingerprint density at radius 2 is 2.37 bits per heavy atom. The number of rotatable bonds is 3. The molecule has 3 rings (SSSR count). The highest BCUT2D eigenvalue weighted by Crippen LogP contribution is 2.37. The SMILES string of the molecule is N#Cc1ccsc1NC(=O)c1cc(N)cn1C1CC1. The van der Waals surface area contributed by atoms with Gasteiger partial charge in [-0.2, -0.15) is 5.26 Å². The second-order valence-corrected chi connectivity index (χ2v) is 5.44. The monoisotopic (exact) mass is 272 g/mol. The summed E-state index contributed by atoms with van der Waals surface area (Å²) in [6.07, 6.45) is 3.96. The summed E-state index contributed by atoms with van der Waals surface area (Å²) in [5.41, 5.74) is 7.38. The molecule has 5 nitrogen and oxygen atoms in total. The van der Waals surface area contributed by atoms with Gasteiger partial charge in [0.25, 0.3) is 5.91 Å². The molecule has 0 radical (unpaired) electrons. The van der Waals surface area contributed by atoms with Gasteiger partial charge < -0.3 is 15.6 Å². The molecule has 0 saturated heterocycles. The smallest absolute Gasteiger partial charge is 0.273 e. The standard InChI is InChI=1S/C13H12N4OS/c14-6-8-3-4-19-13(8)16-12(18)11-5-9(15)7-17(11)10-1-2-10/h3-5,7,10H,1-2,15H2,(H,16,18). The third-order valence-corrected chi connectivity index (χ3v) is 3.89. The summed E-state index contributed by atoms with van der Waals surface area (Å²) in [6.45, 7) is 0. The second-order valence-electron chi connectivity index (χ2n) is 4.53. The van der Waals surface area contributed by atoms with Crippen molar-refractivity contribution < 1.29 is 4.79 Å². The van der Waals surface area contributed by atoms with Crippen LogP contribution in [-0.2, 0) is 0 Å². The molecule has 2 heterocycles. The third-order valence-electron chi connectivity index (χ3n) is 3.06. The van der Waals surface area contributed by atoms with E-state index in [-0.39, 0.29) is 5.91 Å². The molecular formula is C13H12N4OS. The number of nitrogens with two attached hydrogens (primary N) is 1. The summed E-state index contributed by atoms with van der Waals surface area (Å²) >= 11 is 1.34. The zero-order chi connectivity index (χ0) is 13.4. The summed E-state index contributed by atoms with van der Waals surface area (Å²) in [6, 6.07) is 5.80. The number of nitrogens with one attached hydrogen (secondary N) is 1. The lowest BCUT2D eigenvalue weighted by Gasteiger charge is -2.07. The van der Waals surface area contributed by atoms with Crippen molar-refractivity contribution in [2.45, 2.75) is 18.9 Å². The molecule has 2 aromatic heterocycles. The lowest BCUT2D eigenvalue weighted by Crippen LogP contribution is -2.16. The van der Waals surface area contributed by atoms with Crippen molar-refractivity contribution in [3.8, 4) is 6.07 Å². The van der Waals surface area contributed by atoms with Gasteiger partial charge in [0.15, 0.2) is 0 Å². The number of nitrogen functional groups attached to an aromatic ring is 1. The fourth-order valence-corrected chi connectivity index (χ4v) is 2.73. The van der Waals surface area contributed by atoms with Gasteiger partial charge in [0, 0.05) is 12.2 Å². The first-order valence-corrected chi connectivity index (χ1v) is 6.83. The number of carbonyl (C=O) groups excluding carboxylic acids is 1. The lowest BCUT2D eigenvalue weighted by molar-refractivity contribution is 0.101. The molecule has 2 aromatic rings. The summed E-state index contributed by atoms with van der Waals surface area (Å²) in [5.74, 6) is -0.220. The van der Waals surface area contributed by atoms with Crippen LogP contribution in [0.15, 0.2) is 23.7 Å². The van der Waals surface area contributed by atoms with Crippen molar-refractivity contribution in [1.29, 1.82) is 5.26 Å². The van der Waals surface area contributed by atoms with Gasteiger partial charge in [-0.25, -0.2) is 0 Å². The minimum Gasteiger partial charge on any atom is -0.397 e. The third kappa shape index (κ3) is 2.20. The molecule has 3 N–H and O–H groups in total. The molecule has 1 aliphatic rings. The maximum absolute atomic E-state index is 12.3. The molecule has 96 valence electrons. The summed E-state index contributed by atoms with van der Waals surface area (Å²) in [7, 11) is 0. The molecule has 0 atom stereocenters. The van der Waals surface area contributed by atoms with E-state index in [1.165, 1.54) is 11.3 Å². The van der Waals surface area contributed by atoms with Crippen LogP contribution < -0.4 is 11.1 Å². The first-order valence-electron chi connectivity index (χ1n) is 5.95. The van der Waals surface area contributed by atoms with Crippen molar-refractivity contribution in [3.05, 3.63) is 35.0 Å². The highest BCUT2D eigenvalue weighted by atomic mass is 32.1. The summed E-state index contributed by atoms with van der Waals surface area (Å²) in [5, 5.41) is 14.1. The van der Waals surface area contributed by atoms with Crippen molar-refractivity contribution in [3.63, 3.8) is 0 Å². The number of carbonyl (C=O) groups is 1. The molecule has 6 heteroatoms. The average molecular weight is 272 g/mol. The van der Waals surface area contributed by atoms with E-state index in [4.69, 9.17) is 11.0 Å². The van der Waals surface area contributed by atoms with Gasteiger partial charge in [-0.05, 0) is 30.4 Å². The van der Waals surface area contributed by atoms with E-state index in [1.807, 2.05) is 4.57 Å². The molecule has 1 fully saturated rings. The van der Waals surface area contributed by atoms with Crippen LogP contribution in [0.1, 0.15) is 34.9 Å². The van der Waals surface area contributed by atoms with Crippen LogP contribution in [-0.4, -0.2) is 10.5 Å². The second kappa shape index (κ2) is 4.44. The Bertz CT molecular complexity index is 675. The molecule has 1 aliphatic carbocycles. The minimum atomic E-state index is -0.220. The van der Waals surface area contributed by atoms with Gasteiger partial charge in [0.05, 0.1) is 11.3 Å². The van der Waals surface area contributed by atoms with Crippen molar-refractivity contribution in [1.82, 2.24) is 4.57 Å². The van der Waals surface area contributed by atoms with Crippen LogP contribution in [0.3, 0.4) is 0 Å². The average Bonchev–Trinajstić information content (AvgIpc) is 3.02. The highest BCUT2D eigenvalue weighted by Gasteiger charge is 2.28. The van der Waals surface area contributed by atoms with E-state index in [1.54, 1.807) is 23.7 Å². The first-order chi connectivity index (χ1) is 9.19. The van der Waals surface area contributed by atoms with Crippen LogP contribution in [0.4, 0.5) is 10.7 Å². The molecule has 0 aliphatic heterocycles. The van der Waals surface area contributed by atoms with Gasteiger partial charge in [-0.15, -0.1) is 11.3 Å². The Morgan fingerprint density at radius 1 is 1.58 bits per heavy atom. The van der Waals surface area contributed by atoms with E-state index in [9.17, 15) is 4.79 Å². The van der Waals surface area contributed by atoms with Crippen molar-refractivity contribution in [2.24, 2.45) is 0 Å². The van der Waals surface area contributed by atoms with Gasteiger partial charge in [0.1, 0.15) is 16.8 Å². The van der Waals surface area contributed by atoms with Gasteiger partial charge in [-0.1, -0.05) is 0 Å². The Labute approximate surface area is 114 Å². The predicted molar refractivity (Wildman–Crippen MR) is 74.1 cm³/mol. The molecule has 0 aromatic carbocycles. The highest BCUT2D eigenvalue weighted by molar-refractivity contribution is 7.14. The minimum absolute atomic E-state index is 0.220. The molecule has 0 unspecified atom stereocenters. The first kappa shape index (κ1) is 11.8. The number of anilines is 2. The summed E-state index contributed by atoms with van der Waals surface area (Å²) < 4.78 is 1.92. The van der Waals surface area contributed by atoms with E-state index in [2.05, 4.69) is 11.4 Å². The van der Waals surface area contributed by atoms with Gasteiger partial charge in [-0.3, -0.25) is 4.79 Å². The number of hydrogen-bond donors (Lipinski definition) is 2. The summed E-state index contributed by atoms with van der Waals surface area (Å²) in [4.78, 5) is 12.3. The van der Waals surface area contributed by atoms with Gasteiger partial charge in [0.2, 0.25) is 0 Å². The number of amides is 1. The fourth-order valence-electron chi connectivity index (χ4n) is 2.00. The van der Waals surface area contributed by atoms with Crippen LogP contribution in [0, 0.1) is 11.3 Å². The molecule has 1 saturated carbocycles. The zero-order valence-corrected chi connectivity index (χ0v) is 10.9. The fraction of sp³-hybridized carbons (Fsp3) is 0.231. The van der Waals surface area contributed by atoms with E-state index in [0.717, 1.165) is 12.8 Å². The number of hydrogen-bond acceptors (Lipinski definition) is 4. The van der Waals surface area contributed by atoms with E-state index >= 15 is 0 Å². The molecule has 0 spiro atoms. The molecular weight excluding hydrogens is 260 g/mol. The maximum Gasteiger partial charge on any atom is 0.273 e. The van der Waals surface area contributed by atoms with Crippen LogP contribution in [0.25, 0.3) is 0 Å². The van der Waals surface area contributed by atoms with Gasteiger partial charge >= 0.3 is 0 Å². The normalized spacial score (nSPS) is 14.1. The van der Waals surface area contributed by atoms with Crippen molar-refractivity contribution in [2.75, 3.05) is 11.1 Å². The predicted octanol–water partition coefficient (Wildman–Crippen LogP) is 2.59. The molecule has 1 amide bonds.